The van der Waals surface area contributed by atoms with Crippen LogP contribution in [0, 0.1) is 0 Å². The van der Waals surface area contributed by atoms with Gasteiger partial charge in [-0.25, -0.2) is 9.78 Å². The van der Waals surface area contributed by atoms with Gasteiger partial charge in [-0.3, -0.25) is 4.79 Å². The standard InChI is InChI=1S/C18H15BrN2O4S/c1-25-17(24)11-6-7-13(19)12(8-11)10-26-18-20-14-4-2-3-5-15(14)21(18)9-16(22)23/h2-8H,9-10H2,1H3,(H,22,23). The summed E-state index contributed by atoms with van der Waals surface area (Å²) in [5.74, 6) is -0.806. The lowest BCUT2D eigenvalue weighted by molar-refractivity contribution is -0.137. The van der Waals surface area contributed by atoms with Crippen molar-refractivity contribution in [3.8, 4) is 0 Å². The highest BCUT2D eigenvalue weighted by Crippen LogP contribution is 2.30. The molecular formula is C18H15BrN2O4S. The molecule has 0 unspecified atom stereocenters. The molecule has 1 aromatic heterocycles. The summed E-state index contributed by atoms with van der Waals surface area (Å²) in [6, 6.07) is 12.7. The van der Waals surface area contributed by atoms with Crippen LogP contribution < -0.4 is 0 Å². The summed E-state index contributed by atoms with van der Waals surface area (Å²) in [6.07, 6.45) is 0. The summed E-state index contributed by atoms with van der Waals surface area (Å²) in [7, 11) is 1.34. The molecule has 0 aliphatic heterocycles. The Morgan fingerprint density at radius 3 is 2.77 bits per heavy atom. The highest BCUT2D eigenvalue weighted by molar-refractivity contribution is 9.10. The summed E-state index contributed by atoms with van der Waals surface area (Å²) < 4.78 is 7.29. The Hall–Kier alpha value is -2.32. The maximum Gasteiger partial charge on any atom is 0.337 e. The number of hydrogen-bond acceptors (Lipinski definition) is 5. The topological polar surface area (TPSA) is 81.4 Å². The van der Waals surface area contributed by atoms with E-state index in [1.165, 1.54) is 18.9 Å². The number of thioether (sulfide) groups is 1. The van der Waals surface area contributed by atoms with Crippen LogP contribution in [-0.2, 0) is 21.8 Å². The van der Waals surface area contributed by atoms with Crippen LogP contribution in [0.4, 0.5) is 0 Å². The number of halogens is 1. The summed E-state index contributed by atoms with van der Waals surface area (Å²) >= 11 is 4.90. The van der Waals surface area contributed by atoms with Crippen molar-refractivity contribution in [2.24, 2.45) is 0 Å². The number of carboxylic acids is 1. The van der Waals surface area contributed by atoms with Crippen molar-refractivity contribution in [3.63, 3.8) is 0 Å². The zero-order valence-electron chi connectivity index (χ0n) is 13.8. The van der Waals surface area contributed by atoms with Crippen LogP contribution in [0.2, 0.25) is 0 Å². The Morgan fingerprint density at radius 1 is 1.27 bits per heavy atom. The van der Waals surface area contributed by atoms with Crippen LogP contribution in [0.25, 0.3) is 11.0 Å². The van der Waals surface area contributed by atoms with E-state index in [0.29, 0.717) is 16.5 Å². The number of fused-ring (bicyclic) bond motifs is 1. The fourth-order valence-corrected chi connectivity index (χ4v) is 4.10. The number of esters is 1. The number of carboxylic acid groups (broad SMARTS) is 1. The second kappa shape index (κ2) is 7.92. The number of aromatic nitrogens is 2. The Morgan fingerprint density at radius 2 is 2.04 bits per heavy atom. The molecule has 26 heavy (non-hydrogen) atoms. The molecule has 0 amide bonds. The largest absolute Gasteiger partial charge is 0.480 e. The first-order valence-electron chi connectivity index (χ1n) is 7.66. The van der Waals surface area contributed by atoms with Gasteiger partial charge in [-0.1, -0.05) is 39.8 Å². The zero-order chi connectivity index (χ0) is 18.7. The number of aliphatic carboxylic acids is 1. The van der Waals surface area contributed by atoms with Gasteiger partial charge >= 0.3 is 11.9 Å². The van der Waals surface area contributed by atoms with Crippen LogP contribution >= 0.6 is 27.7 Å². The molecule has 8 heteroatoms. The average molecular weight is 435 g/mol. The number of carbonyl (C=O) groups excluding carboxylic acids is 1. The predicted octanol–water partition coefficient (Wildman–Crippen LogP) is 3.96. The number of ether oxygens (including phenoxy) is 1. The van der Waals surface area contributed by atoms with E-state index in [2.05, 4.69) is 20.9 Å². The van der Waals surface area contributed by atoms with Crippen molar-refractivity contribution < 1.29 is 19.4 Å². The fraction of sp³-hybridized carbons (Fsp3) is 0.167. The molecular weight excluding hydrogens is 420 g/mol. The van der Waals surface area contributed by atoms with E-state index in [1.54, 1.807) is 22.8 Å². The van der Waals surface area contributed by atoms with E-state index in [9.17, 15) is 14.7 Å². The minimum absolute atomic E-state index is 0.160. The second-order valence-electron chi connectivity index (χ2n) is 5.45. The van der Waals surface area contributed by atoms with Gasteiger partial charge in [0.25, 0.3) is 0 Å². The maximum atomic E-state index is 11.7. The lowest BCUT2D eigenvalue weighted by Gasteiger charge is -2.08. The monoisotopic (exact) mass is 434 g/mol. The molecule has 6 nitrogen and oxygen atoms in total. The number of rotatable bonds is 6. The molecule has 1 heterocycles. The number of hydrogen-bond donors (Lipinski definition) is 1. The third-order valence-electron chi connectivity index (χ3n) is 3.74. The summed E-state index contributed by atoms with van der Waals surface area (Å²) in [5.41, 5.74) is 2.88. The summed E-state index contributed by atoms with van der Waals surface area (Å²) in [6.45, 7) is -0.160. The Kier molecular flexibility index (Phi) is 5.63. The quantitative estimate of drug-likeness (QED) is 0.466. The molecule has 134 valence electrons. The average Bonchev–Trinajstić information content (AvgIpc) is 2.97. The van der Waals surface area contributed by atoms with Crippen LogP contribution in [0.3, 0.4) is 0 Å². The first-order chi connectivity index (χ1) is 12.5. The van der Waals surface area contributed by atoms with Crippen LogP contribution in [0.5, 0.6) is 0 Å². The molecule has 0 aliphatic rings. The van der Waals surface area contributed by atoms with Crippen molar-refractivity contribution in [1.82, 2.24) is 9.55 Å². The molecule has 0 fully saturated rings. The second-order valence-corrected chi connectivity index (χ2v) is 7.25. The minimum Gasteiger partial charge on any atom is -0.480 e. The van der Waals surface area contributed by atoms with Crippen molar-refractivity contribution >= 4 is 50.7 Å². The number of methoxy groups -OCH3 is 1. The van der Waals surface area contributed by atoms with Gasteiger partial charge in [0.15, 0.2) is 5.16 Å². The van der Waals surface area contributed by atoms with Gasteiger partial charge in [-0.05, 0) is 35.9 Å². The number of carbonyl (C=O) groups is 2. The highest BCUT2D eigenvalue weighted by Gasteiger charge is 2.15. The number of imidazole rings is 1. The Balaban J connectivity index is 1.90. The molecule has 1 N–H and O–H groups in total. The predicted molar refractivity (Wildman–Crippen MR) is 102 cm³/mol. The third-order valence-corrected chi connectivity index (χ3v) is 5.54. The smallest absolute Gasteiger partial charge is 0.337 e. The molecule has 0 radical (unpaired) electrons. The molecule has 0 spiro atoms. The van der Waals surface area contributed by atoms with E-state index in [1.807, 2.05) is 24.3 Å². The normalized spacial score (nSPS) is 10.8. The zero-order valence-corrected chi connectivity index (χ0v) is 16.2. The van der Waals surface area contributed by atoms with E-state index in [0.717, 1.165) is 21.1 Å². The van der Waals surface area contributed by atoms with E-state index in [-0.39, 0.29) is 6.54 Å². The summed E-state index contributed by atoms with van der Waals surface area (Å²) in [5, 5.41) is 9.82. The van der Waals surface area contributed by atoms with Gasteiger partial charge in [0.1, 0.15) is 6.54 Å². The van der Waals surface area contributed by atoms with Gasteiger partial charge in [0.05, 0.1) is 23.7 Å². The number of benzene rings is 2. The van der Waals surface area contributed by atoms with Crippen molar-refractivity contribution in [1.29, 1.82) is 0 Å². The SMILES string of the molecule is COC(=O)c1ccc(Br)c(CSc2nc3ccccc3n2CC(=O)O)c1. The molecule has 0 bridgehead atoms. The fourth-order valence-electron chi connectivity index (χ4n) is 2.52. The maximum absolute atomic E-state index is 11.7. The number of para-hydroxylation sites is 2. The van der Waals surface area contributed by atoms with Gasteiger partial charge in [-0.15, -0.1) is 0 Å². The van der Waals surface area contributed by atoms with Crippen molar-refractivity contribution in [2.45, 2.75) is 17.5 Å². The van der Waals surface area contributed by atoms with E-state index >= 15 is 0 Å². The van der Waals surface area contributed by atoms with Crippen LogP contribution in [0.15, 0.2) is 52.1 Å². The van der Waals surface area contributed by atoms with Crippen molar-refractivity contribution in [3.05, 3.63) is 58.1 Å². The number of nitrogens with zero attached hydrogens (tertiary/aromatic N) is 2. The van der Waals surface area contributed by atoms with Gasteiger partial charge in [0.2, 0.25) is 0 Å². The van der Waals surface area contributed by atoms with Gasteiger partial charge in [0, 0.05) is 10.2 Å². The molecule has 3 rings (SSSR count). The first-order valence-corrected chi connectivity index (χ1v) is 9.44. The molecule has 3 aromatic rings. The van der Waals surface area contributed by atoms with E-state index < -0.39 is 11.9 Å². The Labute approximate surface area is 162 Å². The molecule has 0 saturated heterocycles. The molecule has 2 aromatic carbocycles. The van der Waals surface area contributed by atoms with E-state index in [4.69, 9.17) is 4.74 Å². The van der Waals surface area contributed by atoms with Gasteiger partial charge in [-0.2, -0.15) is 0 Å². The molecule has 0 atom stereocenters. The first kappa shape index (κ1) is 18.5. The van der Waals surface area contributed by atoms with Crippen molar-refractivity contribution in [2.75, 3.05) is 7.11 Å². The summed E-state index contributed by atoms with van der Waals surface area (Å²) in [4.78, 5) is 27.5. The lowest BCUT2D eigenvalue weighted by atomic mass is 10.1. The Bertz CT molecular complexity index is 986. The minimum atomic E-state index is -0.927. The lowest BCUT2D eigenvalue weighted by Crippen LogP contribution is -2.09. The van der Waals surface area contributed by atoms with Crippen LogP contribution in [0.1, 0.15) is 15.9 Å². The molecule has 0 aliphatic carbocycles. The van der Waals surface area contributed by atoms with Crippen LogP contribution in [-0.4, -0.2) is 33.7 Å². The molecule has 0 saturated carbocycles. The highest BCUT2D eigenvalue weighted by atomic mass is 79.9. The third kappa shape index (κ3) is 3.91. The van der Waals surface area contributed by atoms with Gasteiger partial charge < -0.3 is 14.4 Å².